The Morgan fingerprint density at radius 3 is 2.62 bits per heavy atom. The molecule has 0 fully saturated rings. The Morgan fingerprint density at radius 1 is 1.24 bits per heavy atom. The summed E-state index contributed by atoms with van der Waals surface area (Å²) in [5, 5.41) is 2.83. The van der Waals surface area contributed by atoms with Crippen molar-refractivity contribution in [3.8, 4) is 5.75 Å². The molecule has 0 aliphatic rings. The highest BCUT2D eigenvalue weighted by atomic mass is 79.9. The Labute approximate surface area is 132 Å². The lowest BCUT2D eigenvalue weighted by atomic mass is 10.2. The monoisotopic (exact) mass is 348 g/mol. The number of hydrogen-bond acceptors (Lipinski definition) is 3. The van der Waals surface area contributed by atoms with Gasteiger partial charge >= 0.3 is 0 Å². The summed E-state index contributed by atoms with van der Waals surface area (Å²) in [5.74, 6) is 0.580. The topological polar surface area (TPSA) is 64.3 Å². The van der Waals surface area contributed by atoms with Crippen LogP contribution in [0.1, 0.15) is 23.7 Å². The molecule has 2 aromatic carbocycles. The van der Waals surface area contributed by atoms with Gasteiger partial charge < -0.3 is 15.8 Å². The summed E-state index contributed by atoms with van der Waals surface area (Å²) in [4.78, 5) is 12.2. The Hall–Kier alpha value is -2.01. The number of rotatable bonds is 5. The predicted octanol–water partition coefficient (Wildman–Crippen LogP) is 4.07. The highest BCUT2D eigenvalue weighted by molar-refractivity contribution is 9.10. The molecular formula is C16H17BrN2O2. The molecule has 0 bridgehead atoms. The lowest BCUT2D eigenvalue weighted by Crippen LogP contribution is -2.13. The average Bonchev–Trinajstić information content (AvgIpc) is 2.49. The first kappa shape index (κ1) is 15.4. The van der Waals surface area contributed by atoms with Gasteiger partial charge in [-0.05, 0) is 64.8 Å². The van der Waals surface area contributed by atoms with Crippen LogP contribution in [0.5, 0.6) is 5.75 Å². The fourth-order valence-corrected chi connectivity index (χ4v) is 2.20. The molecule has 0 saturated heterocycles. The summed E-state index contributed by atoms with van der Waals surface area (Å²) in [6.07, 6.45) is 0.960. The van der Waals surface area contributed by atoms with E-state index in [1.807, 2.05) is 24.3 Å². The molecule has 5 heteroatoms. The molecule has 3 N–H and O–H groups in total. The lowest BCUT2D eigenvalue weighted by molar-refractivity contribution is 0.102. The van der Waals surface area contributed by atoms with E-state index in [0.29, 0.717) is 28.0 Å². The first-order valence-corrected chi connectivity index (χ1v) is 7.48. The number of carbonyl (C=O) groups is 1. The van der Waals surface area contributed by atoms with Crippen molar-refractivity contribution in [3.63, 3.8) is 0 Å². The van der Waals surface area contributed by atoms with E-state index in [1.165, 1.54) is 0 Å². The van der Waals surface area contributed by atoms with E-state index < -0.39 is 0 Å². The van der Waals surface area contributed by atoms with Gasteiger partial charge in [0, 0.05) is 15.8 Å². The Balaban J connectivity index is 2.07. The van der Waals surface area contributed by atoms with Gasteiger partial charge in [0.2, 0.25) is 0 Å². The fourth-order valence-electron chi connectivity index (χ4n) is 1.77. The van der Waals surface area contributed by atoms with Crippen molar-refractivity contribution >= 4 is 33.2 Å². The van der Waals surface area contributed by atoms with Gasteiger partial charge in [-0.25, -0.2) is 0 Å². The number of benzene rings is 2. The zero-order valence-electron chi connectivity index (χ0n) is 11.7. The van der Waals surface area contributed by atoms with Crippen LogP contribution in [-0.4, -0.2) is 12.5 Å². The summed E-state index contributed by atoms with van der Waals surface area (Å²) < 4.78 is 6.20. The van der Waals surface area contributed by atoms with E-state index >= 15 is 0 Å². The molecule has 110 valence electrons. The summed E-state index contributed by atoms with van der Waals surface area (Å²) in [7, 11) is 0. The van der Waals surface area contributed by atoms with Gasteiger partial charge in [0.15, 0.2) is 0 Å². The Kier molecular flexibility index (Phi) is 5.22. The second kappa shape index (κ2) is 7.13. The number of amides is 1. The third-order valence-corrected chi connectivity index (χ3v) is 3.51. The molecule has 0 atom stereocenters. The average molecular weight is 349 g/mol. The van der Waals surface area contributed by atoms with Crippen LogP contribution in [0.3, 0.4) is 0 Å². The third-order valence-electron chi connectivity index (χ3n) is 2.82. The molecule has 0 saturated carbocycles. The SMILES string of the molecule is CCCOc1ccc(NC(=O)c2cc(N)ccc2Br)cc1. The first-order valence-electron chi connectivity index (χ1n) is 6.69. The van der Waals surface area contributed by atoms with Crippen molar-refractivity contribution in [3.05, 3.63) is 52.5 Å². The number of anilines is 2. The molecule has 0 radical (unpaired) electrons. The van der Waals surface area contributed by atoms with Crippen LogP contribution in [0.2, 0.25) is 0 Å². The van der Waals surface area contributed by atoms with Gasteiger partial charge in [-0.3, -0.25) is 4.79 Å². The van der Waals surface area contributed by atoms with Crippen LogP contribution in [0.25, 0.3) is 0 Å². The van der Waals surface area contributed by atoms with Crippen molar-refractivity contribution < 1.29 is 9.53 Å². The maximum Gasteiger partial charge on any atom is 0.256 e. The summed E-state index contributed by atoms with van der Waals surface area (Å²) in [5.41, 5.74) is 7.46. The van der Waals surface area contributed by atoms with Crippen LogP contribution in [0.15, 0.2) is 46.9 Å². The van der Waals surface area contributed by atoms with Crippen LogP contribution >= 0.6 is 15.9 Å². The fraction of sp³-hybridized carbons (Fsp3) is 0.188. The van der Waals surface area contributed by atoms with Gasteiger partial charge in [0.25, 0.3) is 5.91 Å². The van der Waals surface area contributed by atoms with E-state index in [1.54, 1.807) is 18.2 Å². The molecule has 4 nitrogen and oxygen atoms in total. The molecule has 0 spiro atoms. The Bertz CT molecular complexity index is 627. The third kappa shape index (κ3) is 4.23. The summed E-state index contributed by atoms with van der Waals surface area (Å²) >= 11 is 3.35. The molecule has 2 rings (SSSR count). The van der Waals surface area contributed by atoms with E-state index in [-0.39, 0.29) is 5.91 Å². The van der Waals surface area contributed by atoms with Crippen molar-refractivity contribution in [1.82, 2.24) is 0 Å². The van der Waals surface area contributed by atoms with Crippen molar-refractivity contribution in [1.29, 1.82) is 0 Å². The van der Waals surface area contributed by atoms with Gasteiger partial charge in [-0.1, -0.05) is 6.92 Å². The molecule has 2 aromatic rings. The predicted molar refractivity (Wildman–Crippen MR) is 88.7 cm³/mol. The number of nitrogens with one attached hydrogen (secondary N) is 1. The van der Waals surface area contributed by atoms with Crippen LogP contribution < -0.4 is 15.8 Å². The normalized spacial score (nSPS) is 10.2. The molecule has 21 heavy (non-hydrogen) atoms. The number of carbonyl (C=O) groups excluding carboxylic acids is 1. The van der Waals surface area contributed by atoms with Gasteiger partial charge in [-0.2, -0.15) is 0 Å². The number of nitrogens with two attached hydrogens (primary N) is 1. The van der Waals surface area contributed by atoms with Gasteiger partial charge in [0.1, 0.15) is 5.75 Å². The maximum absolute atomic E-state index is 12.2. The highest BCUT2D eigenvalue weighted by Crippen LogP contribution is 2.22. The van der Waals surface area contributed by atoms with Crippen molar-refractivity contribution in [2.75, 3.05) is 17.7 Å². The van der Waals surface area contributed by atoms with E-state index in [2.05, 4.69) is 28.2 Å². The smallest absolute Gasteiger partial charge is 0.256 e. The minimum absolute atomic E-state index is 0.212. The quantitative estimate of drug-likeness (QED) is 0.800. The molecular weight excluding hydrogens is 332 g/mol. The van der Waals surface area contributed by atoms with E-state index in [4.69, 9.17) is 10.5 Å². The number of halogens is 1. The first-order chi connectivity index (χ1) is 10.1. The lowest BCUT2D eigenvalue weighted by Gasteiger charge is -2.09. The summed E-state index contributed by atoms with van der Waals surface area (Å²) in [6.45, 7) is 2.74. The molecule has 0 aliphatic heterocycles. The van der Waals surface area contributed by atoms with Gasteiger partial charge in [0.05, 0.1) is 12.2 Å². The molecule has 0 unspecified atom stereocenters. The largest absolute Gasteiger partial charge is 0.494 e. The molecule has 0 heterocycles. The minimum atomic E-state index is -0.212. The minimum Gasteiger partial charge on any atom is -0.494 e. The van der Waals surface area contributed by atoms with Crippen LogP contribution in [0, 0.1) is 0 Å². The van der Waals surface area contributed by atoms with Crippen molar-refractivity contribution in [2.24, 2.45) is 0 Å². The molecule has 0 aromatic heterocycles. The van der Waals surface area contributed by atoms with Crippen molar-refractivity contribution in [2.45, 2.75) is 13.3 Å². The molecule has 1 amide bonds. The number of ether oxygens (including phenoxy) is 1. The van der Waals surface area contributed by atoms with Gasteiger partial charge in [-0.15, -0.1) is 0 Å². The molecule has 0 aliphatic carbocycles. The highest BCUT2D eigenvalue weighted by Gasteiger charge is 2.10. The zero-order chi connectivity index (χ0) is 15.2. The van der Waals surface area contributed by atoms with E-state index in [9.17, 15) is 4.79 Å². The van der Waals surface area contributed by atoms with Crippen LogP contribution in [0.4, 0.5) is 11.4 Å². The second-order valence-corrected chi connectivity index (χ2v) is 5.42. The zero-order valence-corrected chi connectivity index (χ0v) is 13.3. The second-order valence-electron chi connectivity index (χ2n) is 4.57. The number of hydrogen-bond donors (Lipinski definition) is 2. The summed E-state index contributed by atoms with van der Waals surface area (Å²) in [6, 6.07) is 12.4. The standard InChI is InChI=1S/C16H17BrN2O2/c1-2-9-21-13-6-4-12(5-7-13)19-16(20)14-10-11(18)3-8-15(14)17/h3-8,10H,2,9,18H2,1H3,(H,19,20). The van der Waals surface area contributed by atoms with Crippen LogP contribution in [-0.2, 0) is 0 Å². The van der Waals surface area contributed by atoms with E-state index in [0.717, 1.165) is 12.2 Å². The number of nitrogen functional groups attached to an aromatic ring is 1. The maximum atomic E-state index is 12.2. The Morgan fingerprint density at radius 2 is 1.95 bits per heavy atom.